The Bertz CT molecular complexity index is 597. The third kappa shape index (κ3) is 2.30. The Balaban J connectivity index is 2.17. The maximum absolute atomic E-state index is 9.28. The Morgan fingerprint density at radius 1 is 0.789 bits per heavy atom. The summed E-state index contributed by atoms with van der Waals surface area (Å²) in [6, 6.07) is 21.9. The van der Waals surface area contributed by atoms with Gasteiger partial charge in [-0.25, -0.2) is 0 Å². The van der Waals surface area contributed by atoms with Gasteiger partial charge in [0.1, 0.15) is 18.1 Å². The highest BCUT2D eigenvalue weighted by molar-refractivity contribution is 5.80. The van der Waals surface area contributed by atoms with Gasteiger partial charge >= 0.3 is 0 Å². The zero-order chi connectivity index (χ0) is 13.1. The zero-order valence-corrected chi connectivity index (χ0v) is 10.4. The highest BCUT2D eigenvalue weighted by Gasteiger charge is 2.13. The second-order valence-corrected chi connectivity index (χ2v) is 4.35. The van der Waals surface area contributed by atoms with Gasteiger partial charge in [0.05, 0.1) is 0 Å². The highest BCUT2D eigenvalue weighted by Crippen LogP contribution is 2.34. The van der Waals surface area contributed by atoms with Crippen LogP contribution >= 0.6 is 0 Å². The molecule has 1 heterocycles. The first-order valence-corrected chi connectivity index (χ1v) is 6.23. The van der Waals surface area contributed by atoms with Gasteiger partial charge in [-0.15, -0.1) is 0 Å². The van der Waals surface area contributed by atoms with Crippen LogP contribution in [0.15, 0.2) is 71.1 Å². The molecule has 3 rings (SSSR count). The molecule has 94 valence electrons. The predicted molar refractivity (Wildman–Crippen MR) is 75.5 cm³/mol. The average Bonchev–Trinajstić information content (AvgIpc) is 2.93. The third-order valence-corrected chi connectivity index (χ3v) is 3.06. The Morgan fingerprint density at radius 3 is 1.95 bits per heavy atom. The van der Waals surface area contributed by atoms with E-state index in [1.165, 1.54) is 0 Å². The van der Waals surface area contributed by atoms with E-state index in [2.05, 4.69) is 0 Å². The van der Waals surface area contributed by atoms with Crippen molar-refractivity contribution in [2.24, 2.45) is 0 Å². The van der Waals surface area contributed by atoms with Crippen LogP contribution in [-0.2, 0) is 6.61 Å². The van der Waals surface area contributed by atoms with Gasteiger partial charge in [0.25, 0.3) is 0 Å². The molecule has 0 fully saturated rings. The van der Waals surface area contributed by atoms with Crippen molar-refractivity contribution in [2.45, 2.75) is 6.61 Å². The summed E-state index contributed by atoms with van der Waals surface area (Å²) in [6.07, 6.45) is 0. The quantitative estimate of drug-likeness (QED) is 0.759. The van der Waals surface area contributed by atoms with E-state index in [0.29, 0.717) is 5.76 Å². The van der Waals surface area contributed by atoms with Crippen LogP contribution in [0, 0.1) is 0 Å². The van der Waals surface area contributed by atoms with Gasteiger partial charge in [-0.3, -0.25) is 0 Å². The van der Waals surface area contributed by atoms with E-state index in [1.54, 1.807) is 0 Å². The van der Waals surface area contributed by atoms with Gasteiger partial charge in [-0.05, 0) is 11.6 Å². The standard InChI is InChI=1S/C17H14O2/c18-12-15-11-16(13-7-3-1-4-8-13)17(19-15)14-9-5-2-6-10-14/h1-11,18H,12H2. The van der Waals surface area contributed by atoms with Crippen LogP contribution in [0.3, 0.4) is 0 Å². The number of hydrogen-bond donors (Lipinski definition) is 1. The molecule has 2 nitrogen and oxygen atoms in total. The lowest BCUT2D eigenvalue weighted by Gasteiger charge is -2.02. The molecule has 0 aliphatic heterocycles. The first kappa shape index (κ1) is 11.8. The van der Waals surface area contributed by atoms with E-state index >= 15 is 0 Å². The molecule has 0 saturated heterocycles. The molecule has 2 heteroatoms. The van der Waals surface area contributed by atoms with Crippen LogP contribution in [0.1, 0.15) is 5.76 Å². The molecular formula is C17H14O2. The Kier molecular flexibility index (Phi) is 3.17. The normalized spacial score (nSPS) is 10.6. The maximum atomic E-state index is 9.28. The lowest BCUT2D eigenvalue weighted by molar-refractivity contribution is 0.248. The number of furan rings is 1. The van der Waals surface area contributed by atoms with Crippen molar-refractivity contribution in [3.63, 3.8) is 0 Å². The monoisotopic (exact) mass is 250 g/mol. The fraction of sp³-hybridized carbons (Fsp3) is 0.0588. The van der Waals surface area contributed by atoms with E-state index < -0.39 is 0 Å². The minimum Gasteiger partial charge on any atom is -0.458 e. The van der Waals surface area contributed by atoms with Crippen molar-refractivity contribution >= 4 is 0 Å². The summed E-state index contributed by atoms with van der Waals surface area (Å²) >= 11 is 0. The number of hydrogen-bond acceptors (Lipinski definition) is 2. The lowest BCUT2D eigenvalue weighted by atomic mass is 10.0. The van der Waals surface area contributed by atoms with Crippen LogP contribution in [-0.4, -0.2) is 5.11 Å². The van der Waals surface area contributed by atoms with E-state index in [4.69, 9.17) is 4.42 Å². The molecule has 2 aromatic carbocycles. The zero-order valence-electron chi connectivity index (χ0n) is 10.4. The molecule has 0 radical (unpaired) electrons. The molecule has 0 spiro atoms. The van der Waals surface area contributed by atoms with Crippen LogP contribution < -0.4 is 0 Å². The second-order valence-electron chi connectivity index (χ2n) is 4.35. The summed E-state index contributed by atoms with van der Waals surface area (Å²) < 4.78 is 5.75. The number of rotatable bonds is 3. The van der Waals surface area contributed by atoms with Gasteiger partial charge in [-0.2, -0.15) is 0 Å². The molecule has 0 amide bonds. The van der Waals surface area contributed by atoms with Gasteiger partial charge in [-0.1, -0.05) is 60.7 Å². The summed E-state index contributed by atoms with van der Waals surface area (Å²) in [6.45, 7) is -0.0906. The molecule has 0 bridgehead atoms. The first-order valence-electron chi connectivity index (χ1n) is 6.23. The maximum Gasteiger partial charge on any atom is 0.142 e. The van der Waals surface area contributed by atoms with E-state index in [0.717, 1.165) is 22.5 Å². The highest BCUT2D eigenvalue weighted by atomic mass is 16.4. The predicted octanol–water partition coefficient (Wildman–Crippen LogP) is 4.11. The van der Waals surface area contributed by atoms with E-state index in [-0.39, 0.29) is 6.61 Å². The Hall–Kier alpha value is -2.32. The molecule has 0 atom stereocenters. The molecule has 0 saturated carbocycles. The van der Waals surface area contributed by atoms with Crippen molar-refractivity contribution < 1.29 is 9.52 Å². The van der Waals surface area contributed by atoms with Gasteiger partial charge in [0.2, 0.25) is 0 Å². The lowest BCUT2D eigenvalue weighted by Crippen LogP contribution is -1.78. The molecule has 3 aromatic rings. The number of aliphatic hydroxyl groups is 1. The number of aliphatic hydroxyl groups excluding tert-OH is 1. The Morgan fingerprint density at radius 2 is 1.37 bits per heavy atom. The van der Waals surface area contributed by atoms with E-state index in [9.17, 15) is 5.11 Å². The summed E-state index contributed by atoms with van der Waals surface area (Å²) in [4.78, 5) is 0. The summed E-state index contributed by atoms with van der Waals surface area (Å²) in [5.74, 6) is 1.38. The molecule has 1 N–H and O–H groups in total. The molecule has 0 aliphatic rings. The Labute approximate surface area is 111 Å². The molecule has 19 heavy (non-hydrogen) atoms. The minimum atomic E-state index is -0.0906. The van der Waals surface area contributed by atoms with Gasteiger partial charge in [0, 0.05) is 11.1 Å². The van der Waals surface area contributed by atoms with Gasteiger partial charge in [0.15, 0.2) is 0 Å². The summed E-state index contributed by atoms with van der Waals surface area (Å²) in [5, 5.41) is 9.28. The molecule has 0 aliphatic carbocycles. The first-order chi connectivity index (χ1) is 9.38. The van der Waals surface area contributed by atoms with Crippen molar-refractivity contribution in [1.82, 2.24) is 0 Å². The van der Waals surface area contributed by atoms with Crippen LogP contribution in [0.2, 0.25) is 0 Å². The van der Waals surface area contributed by atoms with Crippen LogP contribution in [0.5, 0.6) is 0 Å². The van der Waals surface area contributed by atoms with Crippen molar-refractivity contribution in [3.05, 3.63) is 72.5 Å². The fourth-order valence-electron chi connectivity index (χ4n) is 2.16. The third-order valence-electron chi connectivity index (χ3n) is 3.06. The molecule has 1 aromatic heterocycles. The average molecular weight is 250 g/mol. The second kappa shape index (κ2) is 5.12. The molecular weight excluding hydrogens is 236 g/mol. The van der Waals surface area contributed by atoms with Crippen molar-refractivity contribution in [1.29, 1.82) is 0 Å². The SMILES string of the molecule is OCc1cc(-c2ccccc2)c(-c2ccccc2)o1. The summed E-state index contributed by atoms with van der Waals surface area (Å²) in [7, 11) is 0. The number of benzene rings is 2. The smallest absolute Gasteiger partial charge is 0.142 e. The van der Waals surface area contributed by atoms with Crippen molar-refractivity contribution in [3.8, 4) is 22.5 Å². The van der Waals surface area contributed by atoms with Crippen LogP contribution in [0.4, 0.5) is 0 Å². The largest absolute Gasteiger partial charge is 0.458 e. The van der Waals surface area contributed by atoms with E-state index in [1.807, 2.05) is 66.7 Å². The van der Waals surface area contributed by atoms with Gasteiger partial charge < -0.3 is 9.52 Å². The topological polar surface area (TPSA) is 33.4 Å². The van der Waals surface area contributed by atoms with Crippen LogP contribution in [0.25, 0.3) is 22.5 Å². The fourth-order valence-corrected chi connectivity index (χ4v) is 2.16. The van der Waals surface area contributed by atoms with Crippen molar-refractivity contribution in [2.75, 3.05) is 0 Å². The summed E-state index contributed by atoms with van der Waals surface area (Å²) in [5.41, 5.74) is 3.11. The molecule has 0 unspecified atom stereocenters. The minimum absolute atomic E-state index is 0.0906.